The molecule has 22 heavy (non-hydrogen) atoms. The molecular weight excluding hydrogens is 282 g/mol. The average molecular weight is 295 g/mol. The molecule has 0 N–H and O–H groups in total. The Morgan fingerprint density at radius 1 is 1.00 bits per heavy atom. The zero-order chi connectivity index (χ0) is 15.1. The van der Waals surface area contributed by atoms with Gasteiger partial charge in [0.05, 0.1) is 11.3 Å². The lowest BCUT2D eigenvalue weighted by Crippen LogP contribution is -2.32. The SMILES string of the molecule is O=C1C2=C(CCCC2)C(=O)N1c1ccccc1-c1nnco1. The van der Waals surface area contributed by atoms with E-state index in [1.807, 2.05) is 0 Å². The Kier molecular flexibility index (Phi) is 2.89. The van der Waals surface area contributed by atoms with Crippen LogP contribution in [-0.4, -0.2) is 22.0 Å². The molecule has 1 aliphatic carbocycles. The highest BCUT2D eigenvalue weighted by Gasteiger charge is 2.40. The number of rotatable bonds is 2. The highest BCUT2D eigenvalue weighted by atomic mass is 16.4. The van der Waals surface area contributed by atoms with Crippen molar-refractivity contribution in [2.75, 3.05) is 4.90 Å². The Hall–Kier alpha value is -2.76. The summed E-state index contributed by atoms with van der Waals surface area (Å²) in [5.74, 6) is -0.139. The van der Waals surface area contributed by atoms with Gasteiger partial charge >= 0.3 is 0 Å². The monoisotopic (exact) mass is 295 g/mol. The van der Waals surface area contributed by atoms with Crippen molar-refractivity contribution in [1.29, 1.82) is 0 Å². The third-order valence-corrected chi connectivity index (χ3v) is 4.13. The van der Waals surface area contributed by atoms with Gasteiger partial charge in [0, 0.05) is 11.1 Å². The van der Waals surface area contributed by atoms with E-state index in [0.29, 0.717) is 41.1 Å². The van der Waals surface area contributed by atoms with Crippen LogP contribution in [-0.2, 0) is 9.59 Å². The molecule has 0 fully saturated rings. The molecule has 0 saturated carbocycles. The molecule has 4 rings (SSSR count). The Labute approximate surface area is 126 Å². The van der Waals surface area contributed by atoms with E-state index in [0.717, 1.165) is 12.8 Å². The molecule has 6 heteroatoms. The van der Waals surface area contributed by atoms with Crippen LogP contribution in [0.25, 0.3) is 11.5 Å². The van der Waals surface area contributed by atoms with Gasteiger partial charge in [-0.05, 0) is 37.8 Å². The van der Waals surface area contributed by atoms with E-state index in [1.165, 1.54) is 11.3 Å². The maximum atomic E-state index is 12.7. The number of aromatic nitrogens is 2. The maximum absolute atomic E-state index is 12.7. The predicted molar refractivity (Wildman–Crippen MR) is 77.7 cm³/mol. The molecule has 0 atom stereocenters. The second-order valence-corrected chi connectivity index (χ2v) is 5.37. The normalized spacial score (nSPS) is 18.1. The van der Waals surface area contributed by atoms with Gasteiger partial charge in [-0.3, -0.25) is 9.59 Å². The van der Waals surface area contributed by atoms with Crippen LogP contribution >= 0.6 is 0 Å². The first-order valence-electron chi connectivity index (χ1n) is 7.24. The summed E-state index contributed by atoms with van der Waals surface area (Å²) in [7, 11) is 0. The number of carbonyl (C=O) groups excluding carboxylic acids is 2. The van der Waals surface area contributed by atoms with E-state index in [2.05, 4.69) is 10.2 Å². The van der Waals surface area contributed by atoms with Gasteiger partial charge in [0.15, 0.2) is 0 Å². The first-order valence-corrected chi connectivity index (χ1v) is 7.24. The van der Waals surface area contributed by atoms with Gasteiger partial charge in [-0.15, -0.1) is 10.2 Å². The van der Waals surface area contributed by atoms with Gasteiger partial charge in [-0.2, -0.15) is 0 Å². The molecule has 110 valence electrons. The molecule has 6 nitrogen and oxygen atoms in total. The lowest BCUT2D eigenvalue weighted by atomic mass is 9.93. The van der Waals surface area contributed by atoms with Gasteiger partial charge in [0.2, 0.25) is 12.3 Å². The van der Waals surface area contributed by atoms with Gasteiger partial charge < -0.3 is 4.42 Å². The molecule has 1 aromatic carbocycles. The summed E-state index contributed by atoms with van der Waals surface area (Å²) in [5.41, 5.74) is 2.41. The van der Waals surface area contributed by atoms with Crippen molar-refractivity contribution in [2.24, 2.45) is 0 Å². The molecule has 0 saturated heterocycles. The van der Waals surface area contributed by atoms with Crippen LogP contribution in [0.1, 0.15) is 25.7 Å². The summed E-state index contributed by atoms with van der Waals surface area (Å²) in [4.78, 5) is 26.6. The number of carbonyl (C=O) groups is 2. The number of hydrogen-bond acceptors (Lipinski definition) is 5. The van der Waals surface area contributed by atoms with Crippen LogP contribution in [0.5, 0.6) is 0 Å². The number of nitrogens with zero attached hydrogens (tertiary/aromatic N) is 3. The van der Waals surface area contributed by atoms with Gasteiger partial charge in [0.25, 0.3) is 11.8 Å². The van der Waals surface area contributed by atoms with E-state index in [-0.39, 0.29) is 11.8 Å². The van der Waals surface area contributed by atoms with Crippen LogP contribution in [0.2, 0.25) is 0 Å². The van der Waals surface area contributed by atoms with Crippen LogP contribution in [0.3, 0.4) is 0 Å². The third-order valence-electron chi connectivity index (χ3n) is 4.13. The zero-order valence-electron chi connectivity index (χ0n) is 11.8. The molecule has 1 aliphatic heterocycles. The van der Waals surface area contributed by atoms with Crippen molar-refractivity contribution in [3.8, 4) is 11.5 Å². The minimum Gasteiger partial charge on any atom is -0.423 e. The van der Waals surface area contributed by atoms with Crippen molar-refractivity contribution in [3.05, 3.63) is 41.8 Å². The number of benzene rings is 1. The van der Waals surface area contributed by atoms with E-state index in [1.54, 1.807) is 24.3 Å². The highest BCUT2D eigenvalue weighted by Crippen LogP contribution is 2.38. The largest absolute Gasteiger partial charge is 0.423 e. The van der Waals surface area contributed by atoms with Crippen LogP contribution in [0.4, 0.5) is 5.69 Å². The molecule has 2 amide bonds. The standard InChI is InChI=1S/C16H13N3O3/c20-15-10-5-1-2-6-11(10)16(21)19(15)13-8-4-3-7-12(13)14-18-17-9-22-14/h3-4,7-9H,1-2,5-6H2. The van der Waals surface area contributed by atoms with Crippen molar-refractivity contribution in [3.63, 3.8) is 0 Å². The molecule has 2 aromatic rings. The van der Waals surface area contributed by atoms with E-state index in [4.69, 9.17) is 4.42 Å². The van der Waals surface area contributed by atoms with E-state index < -0.39 is 0 Å². The van der Waals surface area contributed by atoms with Gasteiger partial charge in [-0.1, -0.05) is 12.1 Å². The van der Waals surface area contributed by atoms with Crippen LogP contribution in [0.15, 0.2) is 46.2 Å². The number of amides is 2. The Balaban J connectivity index is 1.81. The topological polar surface area (TPSA) is 76.3 Å². The fourth-order valence-corrected chi connectivity index (χ4v) is 3.10. The molecule has 0 spiro atoms. The lowest BCUT2D eigenvalue weighted by Gasteiger charge is -2.17. The number of para-hydroxylation sites is 1. The predicted octanol–water partition coefficient (Wildman–Crippen LogP) is 2.48. The fourth-order valence-electron chi connectivity index (χ4n) is 3.10. The van der Waals surface area contributed by atoms with E-state index in [9.17, 15) is 9.59 Å². The second kappa shape index (κ2) is 4.91. The third kappa shape index (κ3) is 1.80. The first-order chi connectivity index (χ1) is 10.8. The van der Waals surface area contributed by atoms with Crippen LogP contribution < -0.4 is 4.90 Å². The molecule has 2 aliphatic rings. The summed E-state index contributed by atoms with van der Waals surface area (Å²) < 4.78 is 5.22. The van der Waals surface area contributed by atoms with Gasteiger partial charge in [-0.25, -0.2) is 4.90 Å². The quantitative estimate of drug-likeness (QED) is 0.795. The van der Waals surface area contributed by atoms with Crippen molar-refractivity contribution in [2.45, 2.75) is 25.7 Å². The first kappa shape index (κ1) is 12.9. The lowest BCUT2D eigenvalue weighted by molar-refractivity contribution is -0.120. The minimum absolute atomic E-state index is 0.216. The van der Waals surface area contributed by atoms with Crippen LogP contribution in [0, 0.1) is 0 Å². The molecule has 1 aromatic heterocycles. The summed E-state index contributed by atoms with van der Waals surface area (Å²) in [5, 5.41) is 7.54. The zero-order valence-corrected chi connectivity index (χ0v) is 11.8. The van der Waals surface area contributed by atoms with Gasteiger partial charge in [0.1, 0.15) is 0 Å². The Morgan fingerprint density at radius 2 is 1.68 bits per heavy atom. The smallest absolute Gasteiger partial charge is 0.261 e. The molecule has 0 radical (unpaired) electrons. The maximum Gasteiger partial charge on any atom is 0.261 e. The van der Waals surface area contributed by atoms with E-state index >= 15 is 0 Å². The number of anilines is 1. The van der Waals surface area contributed by atoms with Crippen molar-refractivity contribution in [1.82, 2.24) is 10.2 Å². The second-order valence-electron chi connectivity index (χ2n) is 5.37. The van der Waals surface area contributed by atoms with Crippen molar-refractivity contribution >= 4 is 17.5 Å². The molecule has 0 unspecified atom stereocenters. The molecule has 0 bridgehead atoms. The minimum atomic E-state index is -0.216. The summed E-state index contributed by atoms with van der Waals surface area (Å²) in [6, 6.07) is 7.09. The van der Waals surface area contributed by atoms with Crippen molar-refractivity contribution < 1.29 is 14.0 Å². The fraction of sp³-hybridized carbons (Fsp3) is 0.250. The summed E-state index contributed by atoms with van der Waals surface area (Å²) in [6.45, 7) is 0. The average Bonchev–Trinajstić information content (AvgIpc) is 3.16. The Bertz CT molecular complexity index is 765. The Morgan fingerprint density at radius 3 is 2.32 bits per heavy atom. The number of hydrogen-bond donors (Lipinski definition) is 0. The molecular formula is C16H13N3O3. The summed E-state index contributed by atoms with van der Waals surface area (Å²) in [6.07, 6.45) is 4.50. The number of imide groups is 1. The highest BCUT2D eigenvalue weighted by molar-refractivity contribution is 6.33. The summed E-state index contributed by atoms with van der Waals surface area (Å²) >= 11 is 0. The molecule has 2 heterocycles.